The molecule has 1 aromatic carbocycles. The lowest BCUT2D eigenvalue weighted by Crippen LogP contribution is -2.28. The average Bonchev–Trinajstić information content (AvgIpc) is 2.29. The highest BCUT2D eigenvalue weighted by atomic mass is 16.5. The summed E-state index contributed by atoms with van der Waals surface area (Å²) in [6, 6.07) is 7.05. The van der Waals surface area contributed by atoms with Gasteiger partial charge >= 0.3 is 0 Å². The summed E-state index contributed by atoms with van der Waals surface area (Å²) >= 11 is 0. The number of hydroxylamine groups is 1. The molecule has 0 aromatic heterocycles. The van der Waals surface area contributed by atoms with Crippen LogP contribution in [0.2, 0.25) is 0 Å². The van der Waals surface area contributed by atoms with Crippen LogP contribution in [0, 0.1) is 0 Å². The second-order valence-corrected chi connectivity index (χ2v) is 2.73. The first-order chi connectivity index (χ1) is 6.29. The predicted octanol–water partition coefficient (Wildman–Crippen LogP) is 0.841. The third-order valence-corrected chi connectivity index (χ3v) is 1.86. The highest BCUT2D eigenvalue weighted by Gasteiger charge is 2.17. The van der Waals surface area contributed by atoms with Gasteiger partial charge in [0.15, 0.2) is 0 Å². The van der Waals surface area contributed by atoms with Gasteiger partial charge in [-0.1, -0.05) is 18.2 Å². The number of hydrogen-bond acceptors (Lipinski definition) is 3. The van der Waals surface area contributed by atoms with E-state index in [9.17, 15) is 10.0 Å². The summed E-state index contributed by atoms with van der Waals surface area (Å²) in [5.74, 6) is -0.416. The van der Waals surface area contributed by atoms with Gasteiger partial charge in [-0.15, -0.1) is 0 Å². The zero-order chi connectivity index (χ0) is 9.26. The zero-order valence-corrected chi connectivity index (χ0v) is 6.84. The molecule has 1 aromatic rings. The predicted molar refractivity (Wildman–Crippen MR) is 48.2 cm³/mol. The van der Waals surface area contributed by atoms with Crippen molar-refractivity contribution in [1.29, 1.82) is 0 Å². The molecule has 1 N–H and O–H groups in total. The molecule has 1 aliphatic rings. The smallest absolute Gasteiger partial charge is 0.272 e. The van der Waals surface area contributed by atoms with Crippen molar-refractivity contribution < 1.29 is 10.0 Å². The van der Waals surface area contributed by atoms with Crippen LogP contribution in [-0.2, 0) is 4.79 Å². The van der Waals surface area contributed by atoms with Crippen LogP contribution in [0.1, 0.15) is 5.56 Å². The van der Waals surface area contributed by atoms with Gasteiger partial charge < -0.3 is 0 Å². The highest BCUT2D eigenvalue weighted by molar-refractivity contribution is 6.01. The summed E-state index contributed by atoms with van der Waals surface area (Å²) in [6.07, 6.45) is 1.59. The Bertz CT molecular complexity index is 374. The molecule has 66 valence electrons. The van der Waals surface area contributed by atoms with Crippen LogP contribution in [0.25, 0.3) is 0 Å². The summed E-state index contributed by atoms with van der Waals surface area (Å²) in [6.45, 7) is -0.00875. The van der Waals surface area contributed by atoms with Crippen LogP contribution in [-0.4, -0.2) is 23.9 Å². The van der Waals surface area contributed by atoms with E-state index in [4.69, 9.17) is 0 Å². The molecule has 0 bridgehead atoms. The van der Waals surface area contributed by atoms with Crippen molar-refractivity contribution in [2.45, 2.75) is 0 Å². The Kier molecular flexibility index (Phi) is 1.83. The normalized spacial score (nSPS) is 15.5. The SMILES string of the molecule is O=C1CN=Cc2ccccc2N1O. The monoisotopic (exact) mass is 176 g/mol. The van der Waals surface area contributed by atoms with E-state index < -0.39 is 5.91 Å². The lowest BCUT2D eigenvalue weighted by atomic mass is 10.2. The summed E-state index contributed by atoms with van der Waals surface area (Å²) in [7, 11) is 0. The van der Waals surface area contributed by atoms with Crippen molar-refractivity contribution in [2.75, 3.05) is 11.6 Å². The minimum absolute atomic E-state index is 0.00875. The van der Waals surface area contributed by atoms with Gasteiger partial charge in [-0.05, 0) is 6.07 Å². The molecule has 1 aliphatic heterocycles. The van der Waals surface area contributed by atoms with Gasteiger partial charge in [0.2, 0.25) is 0 Å². The Balaban J connectivity index is 2.54. The van der Waals surface area contributed by atoms with E-state index in [2.05, 4.69) is 4.99 Å². The van der Waals surface area contributed by atoms with E-state index >= 15 is 0 Å². The molecule has 4 nitrogen and oxygen atoms in total. The molecule has 0 atom stereocenters. The number of benzene rings is 1. The van der Waals surface area contributed by atoms with Gasteiger partial charge in [0.05, 0.1) is 5.69 Å². The number of nitrogens with zero attached hydrogens (tertiary/aromatic N) is 2. The lowest BCUT2D eigenvalue weighted by Gasteiger charge is -2.13. The van der Waals surface area contributed by atoms with E-state index in [1.165, 1.54) is 0 Å². The first-order valence-corrected chi connectivity index (χ1v) is 3.90. The first-order valence-electron chi connectivity index (χ1n) is 3.90. The summed E-state index contributed by atoms with van der Waals surface area (Å²) in [4.78, 5) is 15.0. The number of rotatable bonds is 0. The molecule has 13 heavy (non-hydrogen) atoms. The van der Waals surface area contributed by atoms with E-state index in [-0.39, 0.29) is 6.54 Å². The number of hydrogen-bond donors (Lipinski definition) is 1. The molecule has 0 unspecified atom stereocenters. The number of fused-ring (bicyclic) bond motifs is 1. The number of anilines is 1. The molecule has 4 heteroatoms. The topological polar surface area (TPSA) is 52.9 Å². The largest absolute Gasteiger partial charge is 0.282 e. The molecule has 0 radical (unpaired) electrons. The molecule has 0 aliphatic carbocycles. The van der Waals surface area contributed by atoms with Gasteiger partial charge in [-0.2, -0.15) is 5.06 Å². The van der Waals surface area contributed by atoms with E-state index in [1.807, 2.05) is 6.07 Å². The summed E-state index contributed by atoms with van der Waals surface area (Å²) in [5, 5.41) is 10.1. The fourth-order valence-corrected chi connectivity index (χ4v) is 1.21. The van der Waals surface area contributed by atoms with Gasteiger partial charge in [0.1, 0.15) is 6.54 Å². The Labute approximate surface area is 75.1 Å². The van der Waals surface area contributed by atoms with E-state index in [0.29, 0.717) is 10.8 Å². The van der Waals surface area contributed by atoms with Gasteiger partial charge in [-0.3, -0.25) is 15.0 Å². The number of amides is 1. The Morgan fingerprint density at radius 1 is 1.38 bits per heavy atom. The van der Waals surface area contributed by atoms with Gasteiger partial charge in [-0.25, -0.2) is 0 Å². The number of aliphatic imine (C=N–C) groups is 1. The van der Waals surface area contributed by atoms with Crippen molar-refractivity contribution in [2.24, 2.45) is 4.99 Å². The highest BCUT2D eigenvalue weighted by Crippen LogP contribution is 2.18. The second kappa shape index (κ2) is 2.99. The maximum atomic E-state index is 11.1. The minimum Gasteiger partial charge on any atom is -0.282 e. The van der Waals surface area contributed by atoms with Crippen molar-refractivity contribution in [3.8, 4) is 0 Å². The Morgan fingerprint density at radius 3 is 3.00 bits per heavy atom. The minimum atomic E-state index is -0.416. The molecule has 0 saturated heterocycles. The molecule has 0 fully saturated rings. The maximum Gasteiger partial charge on any atom is 0.272 e. The number of carbonyl (C=O) groups is 1. The fraction of sp³-hybridized carbons (Fsp3) is 0.111. The number of para-hydroxylation sites is 1. The quantitative estimate of drug-likeness (QED) is 0.595. The van der Waals surface area contributed by atoms with Gasteiger partial charge in [0.25, 0.3) is 5.91 Å². The number of benzodiazepines with no additional fused rings is 1. The van der Waals surface area contributed by atoms with Crippen LogP contribution in [0.5, 0.6) is 0 Å². The van der Waals surface area contributed by atoms with E-state index in [1.54, 1.807) is 24.4 Å². The average molecular weight is 176 g/mol. The molecule has 0 saturated carbocycles. The lowest BCUT2D eigenvalue weighted by molar-refractivity contribution is -0.122. The van der Waals surface area contributed by atoms with Crippen LogP contribution in [0.15, 0.2) is 29.3 Å². The van der Waals surface area contributed by atoms with E-state index in [0.717, 1.165) is 5.56 Å². The standard InChI is InChI=1S/C9H8N2O2/c12-9-6-10-5-7-3-1-2-4-8(7)11(9)13/h1-5,13H,6H2. The molecular formula is C9H8N2O2. The number of carbonyl (C=O) groups excluding carboxylic acids is 1. The van der Waals surface area contributed by atoms with Crippen LogP contribution in [0.4, 0.5) is 5.69 Å². The molecule has 0 spiro atoms. The third kappa shape index (κ3) is 1.31. The van der Waals surface area contributed by atoms with Crippen molar-refractivity contribution in [3.05, 3.63) is 29.8 Å². The molecular weight excluding hydrogens is 168 g/mol. The first kappa shape index (κ1) is 7.94. The van der Waals surface area contributed by atoms with Crippen LogP contribution >= 0.6 is 0 Å². The maximum absolute atomic E-state index is 11.1. The van der Waals surface area contributed by atoms with Crippen molar-refractivity contribution >= 4 is 17.8 Å². The molecule has 1 heterocycles. The zero-order valence-electron chi connectivity index (χ0n) is 6.84. The van der Waals surface area contributed by atoms with Crippen LogP contribution < -0.4 is 5.06 Å². The summed E-state index contributed by atoms with van der Waals surface area (Å²) in [5.41, 5.74) is 1.23. The summed E-state index contributed by atoms with van der Waals surface area (Å²) < 4.78 is 0. The molecule has 1 amide bonds. The second-order valence-electron chi connectivity index (χ2n) is 2.73. The van der Waals surface area contributed by atoms with Gasteiger partial charge in [0, 0.05) is 11.8 Å². The van der Waals surface area contributed by atoms with Crippen molar-refractivity contribution in [1.82, 2.24) is 0 Å². The Morgan fingerprint density at radius 2 is 2.15 bits per heavy atom. The van der Waals surface area contributed by atoms with Crippen LogP contribution in [0.3, 0.4) is 0 Å². The third-order valence-electron chi connectivity index (χ3n) is 1.86. The molecule has 2 rings (SSSR count). The fourth-order valence-electron chi connectivity index (χ4n) is 1.21. The van der Waals surface area contributed by atoms with Crippen molar-refractivity contribution in [3.63, 3.8) is 0 Å². The Hall–Kier alpha value is -1.68.